The number of hydrogen-bond acceptors (Lipinski definition) is 5. The largest absolute Gasteiger partial charge is 0.381 e. The SMILES string of the molecule is Cc1cc(NC(=O)c2ccccc2Cl)sc1C(=O)N(CCC#N)C1CCOCC1. The highest BCUT2D eigenvalue weighted by atomic mass is 35.5. The zero-order valence-electron chi connectivity index (χ0n) is 16.1. The molecule has 3 rings (SSSR count). The van der Waals surface area contributed by atoms with Crippen LogP contribution in [-0.2, 0) is 4.74 Å². The number of anilines is 1. The summed E-state index contributed by atoms with van der Waals surface area (Å²) in [6.45, 7) is 3.47. The fraction of sp³-hybridized carbons (Fsp3) is 0.381. The van der Waals surface area contributed by atoms with Gasteiger partial charge in [-0.25, -0.2) is 0 Å². The van der Waals surface area contributed by atoms with Crippen LogP contribution in [0.25, 0.3) is 0 Å². The lowest BCUT2D eigenvalue weighted by Gasteiger charge is -2.33. The third-order valence-corrected chi connectivity index (χ3v) is 6.29. The Kier molecular flexibility index (Phi) is 7.26. The fourth-order valence-electron chi connectivity index (χ4n) is 3.33. The summed E-state index contributed by atoms with van der Waals surface area (Å²) in [5.74, 6) is -0.422. The quantitative estimate of drug-likeness (QED) is 0.730. The molecule has 1 aromatic carbocycles. The maximum Gasteiger partial charge on any atom is 0.264 e. The first-order chi connectivity index (χ1) is 14.0. The first kappa shape index (κ1) is 21.3. The van der Waals surface area contributed by atoms with Crippen LogP contribution in [0.4, 0.5) is 5.00 Å². The van der Waals surface area contributed by atoms with Gasteiger partial charge in [0.1, 0.15) is 0 Å². The molecule has 6 nitrogen and oxygen atoms in total. The maximum absolute atomic E-state index is 13.2. The average Bonchev–Trinajstić information content (AvgIpc) is 3.09. The number of nitriles is 1. The normalized spacial score (nSPS) is 14.2. The van der Waals surface area contributed by atoms with Crippen LogP contribution in [0.3, 0.4) is 0 Å². The highest BCUT2D eigenvalue weighted by Crippen LogP contribution is 2.30. The zero-order valence-corrected chi connectivity index (χ0v) is 17.7. The van der Waals surface area contributed by atoms with Gasteiger partial charge in [0, 0.05) is 25.8 Å². The van der Waals surface area contributed by atoms with Crippen LogP contribution in [0.2, 0.25) is 5.02 Å². The molecule has 1 aliphatic heterocycles. The number of carbonyl (C=O) groups excluding carboxylic acids is 2. The van der Waals surface area contributed by atoms with Crippen molar-refractivity contribution in [3.05, 3.63) is 51.4 Å². The van der Waals surface area contributed by atoms with Crippen molar-refractivity contribution < 1.29 is 14.3 Å². The van der Waals surface area contributed by atoms with Crippen molar-refractivity contribution in [2.45, 2.75) is 32.2 Å². The summed E-state index contributed by atoms with van der Waals surface area (Å²) in [4.78, 5) is 28.1. The monoisotopic (exact) mass is 431 g/mol. The van der Waals surface area contributed by atoms with Gasteiger partial charge < -0.3 is 15.0 Å². The lowest BCUT2D eigenvalue weighted by Crippen LogP contribution is -2.43. The van der Waals surface area contributed by atoms with Gasteiger partial charge in [0.2, 0.25) is 0 Å². The smallest absolute Gasteiger partial charge is 0.264 e. The number of nitrogens with zero attached hydrogens (tertiary/aromatic N) is 2. The molecule has 1 N–H and O–H groups in total. The molecule has 2 aromatic rings. The minimum atomic E-state index is -0.318. The van der Waals surface area contributed by atoms with E-state index in [4.69, 9.17) is 21.6 Å². The van der Waals surface area contributed by atoms with Crippen molar-refractivity contribution in [2.75, 3.05) is 25.1 Å². The summed E-state index contributed by atoms with van der Waals surface area (Å²) in [7, 11) is 0. The van der Waals surface area contributed by atoms with Crippen LogP contribution in [-0.4, -0.2) is 42.5 Å². The molecule has 1 saturated heterocycles. The molecule has 8 heteroatoms. The van der Waals surface area contributed by atoms with E-state index in [0.717, 1.165) is 18.4 Å². The van der Waals surface area contributed by atoms with Gasteiger partial charge in [-0.1, -0.05) is 23.7 Å². The van der Waals surface area contributed by atoms with Gasteiger partial charge in [-0.2, -0.15) is 5.26 Å². The van der Waals surface area contributed by atoms with Crippen molar-refractivity contribution >= 4 is 39.8 Å². The Balaban J connectivity index is 1.78. The van der Waals surface area contributed by atoms with Crippen molar-refractivity contribution in [2.24, 2.45) is 0 Å². The Morgan fingerprint density at radius 3 is 2.76 bits per heavy atom. The van der Waals surface area contributed by atoms with E-state index in [1.807, 2.05) is 6.92 Å². The molecule has 1 aliphatic rings. The van der Waals surface area contributed by atoms with E-state index in [9.17, 15) is 9.59 Å². The molecule has 1 fully saturated rings. The van der Waals surface area contributed by atoms with Gasteiger partial charge in [-0.05, 0) is 43.5 Å². The molecular formula is C21H22ClN3O3S. The third kappa shape index (κ3) is 5.15. The summed E-state index contributed by atoms with van der Waals surface area (Å²) in [5, 5.41) is 12.8. The number of rotatable bonds is 6. The Hall–Kier alpha value is -2.40. The third-order valence-electron chi connectivity index (χ3n) is 4.82. The number of nitrogens with one attached hydrogen (secondary N) is 1. The van der Waals surface area contributed by atoms with Gasteiger partial charge >= 0.3 is 0 Å². The van der Waals surface area contributed by atoms with Gasteiger partial charge in [0.05, 0.1) is 33.0 Å². The highest BCUT2D eigenvalue weighted by molar-refractivity contribution is 7.18. The molecule has 0 unspecified atom stereocenters. The number of thiophene rings is 1. The second-order valence-electron chi connectivity index (χ2n) is 6.81. The molecule has 0 radical (unpaired) electrons. The van der Waals surface area contributed by atoms with Gasteiger partial charge in [0.25, 0.3) is 11.8 Å². The van der Waals surface area contributed by atoms with Gasteiger partial charge in [0.15, 0.2) is 0 Å². The minimum absolute atomic E-state index is 0.0623. The second kappa shape index (κ2) is 9.88. The lowest BCUT2D eigenvalue weighted by molar-refractivity contribution is 0.0298. The van der Waals surface area contributed by atoms with E-state index in [1.165, 1.54) is 11.3 Å². The number of halogens is 1. The van der Waals surface area contributed by atoms with Crippen LogP contribution < -0.4 is 5.32 Å². The topological polar surface area (TPSA) is 82.4 Å². The maximum atomic E-state index is 13.2. The number of aryl methyl sites for hydroxylation is 1. The summed E-state index contributed by atoms with van der Waals surface area (Å²) < 4.78 is 5.40. The molecule has 152 valence electrons. The fourth-order valence-corrected chi connectivity index (χ4v) is 4.57. The number of carbonyl (C=O) groups is 2. The van der Waals surface area contributed by atoms with E-state index in [2.05, 4.69) is 11.4 Å². The van der Waals surface area contributed by atoms with Crippen molar-refractivity contribution in [3.8, 4) is 6.07 Å². The minimum Gasteiger partial charge on any atom is -0.381 e. The number of hydrogen-bond donors (Lipinski definition) is 1. The molecule has 0 aliphatic carbocycles. The molecule has 1 aromatic heterocycles. The van der Waals surface area contributed by atoms with E-state index in [-0.39, 0.29) is 24.3 Å². The van der Waals surface area contributed by atoms with E-state index in [1.54, 1.807) is 35.2 Å². The molecule has 2 amide bonds. The average molecular weight is 432 g/mol. The van der Waals surface area contributed by atoms with E-state index in [0.29, 0.717) is 40.2 Å². The molecule has 0 spiro atoms. The van der Waals surface area contributed by atoms with E-state index >= 15 is 0 Å². The lowest BCUT2D eigenvalue weighted by atomic mass is 10.1. The summed E-state index contributed by atoms with van der Waals surface area (Å²) >= 11 is 7.34. The summed E-state index contributed by atoms with van der Waals surface area (Å²) in [6.07, 6.45) is 1.80. The standard InChI is InChI=1S/C21H22ClN3O3S/c1-14-13-18(24-20(26)16-5-2-3-6-17(16)22)29-19(14)21(27)25(10-4-9-23)15-7-11-28-12-8-15/h2-3,5-6,13,15H,4,7-8,10-12H2,1H3,(H,24,26). The van der Waals surface area contributed by atoms with Crippen LogP contribution in [0.15, 0.2) is 30.3 Å². The van der Waals surface area contributed by atoms with Crippen molar-refractivity contribution in [1.82, 2.24) is 4.90 Å². The van der Waals surface area contributed by atoms with Gasteiger partial charge in [-0.15, -0.1) is 11.3 Å². The van der Waals surface area contributed by atoms with Crippen LogP contribution in [0.1, 0.15) is 44.9 Å². The van der Waals surface area contributed by atoms with Crippen LogP contribution in [0.5, 0.6) is 0 Å². The highest BCUT2D eigenvalue weighted by Gasteiger charge is 2.28. The first-order valence-electron chi connectivity index (χ1n) is 9.43. The van der Waals surface area contributed by atoms with Crippen LogP contribution >= 0.6 is 22.9 Å². The molecule has 0 atom stereocenters. The Bertz CT molecular complexity index is 931. The summed E-state index contributed by atoms with van der Waals surface area (Å²) in [5.41, 5.74) is 1.18. The Morgan fingerprint density at radius 2 is 2.07 bits per heavy atom. The summed E-state index contributed by atoms with van der Waals surface area (Å²) in [6, 6.07) is 10.8. The van der Waals surface area contributed by atoms with Crippen molar-refractivity contribution in [1.29, 1.82) is 5.26 Å². The van der Waals surface area contributed by atoms with Gasteiger partial charge in [-0.3, -0.25) is 9.59 Å². The molecule has 0 bridgehead atoms. The first-order valence-corrected chi connectivity index (χ1v) is 10.6. The number of ether oxygens (including phenoxy) is 1. The van der Waals surface area contributed by atoms with Crippen molar-refractivity contribution in [3.63, 3.8) is 0 Å². The zero-order chi connectivity index (χ0) is 20.8. The predicted molar refractivity (Wildman–Crippen MR) is 114 cm³/mol. The second-order valence-corrected chi connectivity index (χ2v) is 8.27. The molecule has 29 heavy (non-hydrogen) atoms. The Morgan fingerprint density at radius 1 is 1.34 bits per heavy atom. The molecular weight excluding hydrogens is 410 g/mol. The number of amides is 2. The molecule has 2 heterocycles. The number of benzene rings is 1. The Labute approximate surface area is 179 Å². The predicted octanol–water partition coefficient (Wildman–Crippen LogP) is 4.50. The molecule has 0 saturated carbocycles. The van der Waals surface area contributed by atoms with Crippen LogP contribution in [0, 0.1) is 18.3 Å². The van der Waals surface area contributed by atoms with E-state index < -0.39 is 0 Å².